The molecule has 11 heteroatoms. The van der Waals surface area contributed by atoms with E-state index in [1.54, 1.807) is 24.3 Å². The third kappa shape index (κ3) is 5.79. The minimum Gasteiger partial charge on any atom is -0.477 e. The summed E-state index contributed by atoms with van der Waals surface area (Å²) < 4.78 is 27.6. The van der Waals surface area contributed by atoms with Crippen LogP contribution in [0.2, 0.25) is 5.02 Å². The quantitative estimate of drug-likeness (QED) is 0.300. The molecule has 0 bridgehead atoms. The number of carboxylic acid groups (broad SMARTS) is 1. The molecule has 40 heavy (non-hydrogen) atoms. The molecule has 0 saturated carbocycles. The van der Waals surface area contributed by atoms with Crippen molar-refractivity contribution in [1.82, 2.24) is 24.4 Å². The van der Waals surface area contributed by atoms with Crippen molar-refractivity contribution in [3.63, 3.8) is 0 Å². The van der Waals surface area contributed by atoms with Gasteiger partial charge in [0.25, 0.3) is 0 Å². The van der Waals surface area contributed by atoms with Gasteiger partial charge in [-0.25, -0.2) is 24.1 Å². The van der Waals surface area contributed by atoms with Crippen LogP contribution >= 0.6 is 11.6 Å². The number of fused-ring (bicyclic) bond motifs is 1. The molecular weight excluding hydrogens is 537 g/mol. The largest absolute Gasteiger partial charge is 0.477 e. The molecule has 4 aromatic rings. The van der Waals surface area contributed by atoms with Crippen molar-refractivity contribution in [2.24, 2.45) is 0 Å². The summed E-state index contributed by atoms with van der Waals surface area (Å²) in [6.45, 7) is 3.80. The number of hydrogen-bond donors (Lipinski definition) is 1. The van der Waals surface area contributed by atoms with Crippen LogP contribution in [-0.2, 0) is 24.4 Å². The minimum atomic E-state index is -1.06. The lowest BCUT2D eigenvalue weighted by molar-refractivity contribution is -0.0593. The Morgan fingerprint density at radius 3 is 2.65 bits per heavy atom. The van der Waals surface area contributed by atoms with E-state index in [0.29, 0.717) is 40.7 Å². The van der Waals surface area contributed by atoms with E-state index in [1.807, 2.05) is 16.7 Å². The van der Waals surface area contributed by atoms with Crippen LogP contribution in [0.15, 0.2) is 48.5 Å². The van der Waals surface area contributed by atoms with E-state index >= 15 is 0 Å². The molecule has 208 valence electrons. The number of nitrogens with zero attached hydrogens (tertiary/aromatic N) is 5. The summed E-state index contributed by atoms with van der Waals surface area (Å²) in [6.07, 6.45) is 2.91. The summed E-state index contributed by atoms with van der Waals surface area (Å²) in [7, 11) is 0. The van der Waals surface area contributed by atoms with Gasteiger partial charge in [-0.3, -0.25) is 4.90 Å². The van der Waals surface area contributed by atoms with Crippen molar-refractivity contribution in [3.8, 4) is 5.88 Å². The molecule has 2 aliphatic heterocycles. The molecule has 2 saturated heterocycles. The Morgan fingerprint density at radius 2 is 1.93 bits per heavy atom. The highest BCUT2D eigenvalue weighted by Crippen LogP contribution is 2.30. The van der Waals surface area contributed by atoms with Gasteiger partial charge in [0, 0.05) is 34.9 Å². The van der Waals surface area contributed by atoms with E-state index in [-0.39, 0.29) is 24.3 Å². The zero-order chi connectivity index (χ0) is 27.6. The van der Waals surface area contributed by atoms with Crippen LogP contribution in [0.25, 0.3) is 11.2 Å². The SMILES string of the molecule is O=C(O)c1ccc2nc(CN3CCC(c4cccc(OCc5ccc(Cl)cc5F)n4)CC3)n(C[C@H]3CCO3)c2n1. The molecule has 2 aliphatic rings. The normalized spacial score (nSPS) is 18.1. The van der Waals surface area contributed by atoms with E-state index in [1.165, 1.54) is 12.1 Å². The second kappa shape index (κ2) is 11.5. The zero-order valence-corrected chi connectivity index (χ0v) is 22.6. The number of aromatic nitrogens is 4. The lowest BCUT2D eigenvalue weighted by atomic mass is 9.93. The molecule has 0 aliphatic carbocycles. The predicted molar refractivity (Wildman–Crippen MR) is 146 cm³/mol. The number of rotatable bonds is 9. The molecule has 1 atom stereocenters. The van der Waals surface area contributed by atoms with Gasteiger partial charge in [0.1, 0.15) is 23.8 Å². The first-order valence-electron chi connectivity index (χ1n) is 13.4. The molecule has 6 rings (SSSR count). The number of hydrogen-bond acceptors (Lipinski definition) is 7. The van der Waals surface area contributed by atoms with Crippen molar-refractivity contribution >= 4 is 28.7 Å². The van der Waals surface area contributed by atoms with Gasteiger partial charge in [0.15, 0.2) is 11.3 Å². The maximum absolute atomic E-state index is 14.1. The fraction of sp³-hybridized carbons (Fsp3) is 0.379. The topological polar surface area (TPSA) is 103 Å². The Kier molecular flexibility index (Phi) is 7.64. The second-order valence-electron chi connectivity index (χ2n) is 10.2. The van der Waals surface area contributed by atoms with Crippen molar-refractivity contribution in [2.45, 2.75) is 51.0 Å². The van der Waals surface area contributed by atoms with Gasteiger partial charge in [-0.05, 0) is 62.7 Å². The zero-order valence-electron chi connectivity index (χ0n) is 21.8. The number of piperidine rings is 1. The first kappa shape index (κ1) is 26.6. The molecule has 0 unspecified atom stereocenters. The first-order valence-corrected chi connectivity index (χ1v) is 13.8. The van der Waals surface area contributed by atoms with E-state index in [4.69, 9.17) is 31.0 Å². The highest BCUT2D eigenvalue weighted by Gasteiger charge is 2.26. The Labute approximate surface area is 235 Å². The van der Waals surface area contributed by atoms with E-state index in [9.17, 15) is 14.3 Å². The number of ether oxygens (including phenoxy) is 2. The summed E-state index contributed by atoms with van der Waals surface area (Å²) in [5, 5.41) is 9.77. The highest BCUT2D eigenvalue weighted by atomic mass is 35.5. The smallest absolute Gasteiger partial charge is 0.354 e. The summed E-state index contributed by atoms with van der Waals surface area (Å²) >= 11 is 5.84. The first-order chi connectivity index (χ1) is 19.4. The number of imidazole rings is 1. The van der Waals surface area contributed by atoms with Crippen LogP contribution in [0.1, 0.15) is 52.8 Å². The maximum atomic E-state index is 14.1. The second-order valence-corrected chi connectivity index (χ2v) is 10.7. The maximum Gasteiger partial charge on any atom is 0.354 e. The highest BCUT2D eigenvalue weighted by molar-refractivity contribution is 6.30. The van der Waals surface area contributed by atoms with Gasteiger partial charge in [-0.15, -0.1) is 0 Å². The van der Waals surface area contributed by atoms with Gasteiger partial charge in [-0.2, -0.15) is 0 Å². The third-order valence-corrected chi connectivity index (χ3v) is 7.81. The number of carbonyl (C=O) groups is 1. The van der Waals surface area contributed by atoms with Crippen LogP contribution in [0.3, 0.4) is 0 Å². The van der Waals surface area contributed by atoms with Gasteiger partial charge in [0.05, 0.1) is 19.2 Å². The van der Waals surface area contributed by atoms with Gasteiger partial charge >= 0.3 is 5.97 Å². The molecule has 0 spiro atoms. The van der Waals surface area contributed by atoms with Gasteiger partial charge in [-0.1, -0.05) is 23.7 Å². The van der Waals surface area contributed by atoms with Gasteiger partial charge < -0.3 is 19.1 Å². The number of likely N-dealkylation sites (tertiary alicyclic amines) is 1. The molecule has 2 fully saturated rings. The average Bonchev–Trinajstić information content (AvgIpc) is 3.26. The molecule has 9 nitrogen and oxygen atoms in total. The molecule has 1 N–H and O–H groups in total. The van der Waals surface area contributed by atoms with Crippen molar-refractivity contribution in [3.05, 3.63) is 82.1 Å². The van der Waals surface area contributed by atoms with Crippen molar-refractivity contribution in [1.29, 1.82) is 0 Å². The molecule has 5 heterocycles. The Morgan fingerprint density at radius 1 is 1.10 bits per heavy atom. The Balaban J connectivity index is 1.11. The van der Waals surface area contributed by atoms with Crippen LogP contribution in [0.4, 0.5) is 4.39 Å². The van der Waals surface area contributed by atoms with Crippen molar-refractivity contribution < 1.29 is 23.8 Å². The number of carboxylic acids is 1. The van der Waals surface area contributed by atoms with Gasteiger partial charge in [0.2, 0.25) is 5.88 Å². The molecule has 3 aromatic heterocycles. The summed E-state index contributed by atoms with van der Waals surface area (Å²) in [5.74, 6) is 0.159. The number of benzene rings is 1. The van der Waals surface area contributed by atoms with E-state index < -0.39 is 11.8 Å². The lowest BCUT2D eigenvalue weighted by Gasteiger charge is -2.32. The van der Waals surface area contributed by atoms with E-state index in [2.05, 4.69) is 9.88 Å². The Hall–Kier alpha value is -3.60. The summed E-state index contributed by atoms with van der Waals surface area (Å²) in [5.41, 5.74) is 2.67. The minimum absolute atomic E-state index is 0.00699. The molecule has 1 aromatic carbocycles. The van der Waals surface area contributed by atoms with Crippen LogP contribution < -0.4 is 4.74 Å². The molecule has 0 amide bonds. The van der Waals surface area contributed by atoms with Crippen LogP contribution in [0.5, 0.6) is 5.88 Å². The number of halogens is 2. The predicted octanol–water partition coefficient (Wildman–Crippen LogP) is 5.06. The summed E-state index contributed by atoms with van der Waals surface area (Å²) in [6, 6.07) is 13.5. The molecular formula is C29H29ClFN5O4. The molecule has 0 radical (unpaired) electrons. The monoisotopic (exact) mass is 565 g/mol. The summed E-state index contributed by atoms with van der Waals surface area (Å²) in [4.78, 5) is 27.8. The fourth-order valence-corrected chi connectivity index (χ4v) is 5.39. The lowest BCUT2D eigenvalue weighted by Crippen LogP contribution is -2.35. The van der Waals surface area contributed by atoms with Crippen molar-refractivity contribution in [2.75, 3.05) is 19.7 Å². The van der Waals surface area contributed by atoms with E-state index in [0.717, 1.165) is 50.5 Å². The standard InChI is InChI=1S/C29H29ClFN5O4/c30-20-5-4-19(22(31)14-20)17-40-27-3-1-2-23(33-27)18-8-11-35(12-9-18)16-26-32-24-6-7-25(29(37)38)34-28(24)36(26)15-21-10-13-39-21/h1-7,14,18,21H,8-13,15-17H2,(H,37,38)/t21-/m1/s1. The Bertz CT molecular complexity index is 1530. The number of aromatic carboxylic acids is 1. The van der Waals surface area contributed by atoms with Crippen LogP contribution in [0, 0.1) is 5.82 Å². The van der Waals surface area contributed by atoms with Crippen LogP contribution in [-0.4, -0.2) is 61.3 Å². The fourth-order valence-electron chi connectivity index (χ4n) is 5.23. The number of pyridine rings is 2. The average molecular weight is 566 g/mol. The third-order valence-electron chi connectivity index (χ3n) is 7.58.